The van der Waals surface area contributed by atoms with Crippen molar-refractivity contribution in [2.24, 2.45) is 0 Å². The second-order valence-electron chi connectivity index (χ2n) is 4.47. The van der Waals surface area contributed by atoms with Crippen molar-refractivity contribution in [3.8, 4) is 0 Å². The van der Waals surface area contributed by atoms with Gasteiger partial charge in [0.15, 0.2) is 0 Å². The molecule has 0 bridgehead atoms. The number of methoxy groups -OCH3 is 1. The molecule has 0 saturated carbocycles. The zero-order valence-electron chi connectivity index (χ0n) is 10.5. The Balaban J connectivity index is 2.47. The maximum Gasteiger partial charge on any atom is 0.0615 e. The lowest BCUT2D eigenvalue weighted by Gasteiger charge is -2.34. The van der Waals surface area contributed by atoms with Crippen LogP contribution >= 0.6 is 0 Å². The van der Waals surface area contributed by atoms with Gasteiger partial charge in [0.05, 0.1) is 6.61 Å². The lowest BCUT2D eigenvalue weighted by Crippen LogP contribution is -2.44. The van der Waals surface area contributed by atoms with Crippen molar-refractivity contribution in [3.05, 3.63) is 0 Å². The molecule has 0 aromatic heterocycles. The van der Waals surface area contributed by atoms with E-state index in [4.69, 9.17) is 4.74 Å². The number of hydrogen-bond donors (Lipinski definition) is 1. The zero-order valence-corrected chi connectivity index (χ0v) is 10.5. The van der Waals surface area contributed by atoms with Crippen LogP contribution in [0.3, 0.4) is 0 Å². The maximum absolute atomic E-state index is 5.25. The average molecular weight is 214 g/mol. The molecule has 1 rings (SSSR count). The van der Waals surface area contributed by atoms with Gasteiger partial charge in [0.2, 0.25) is 0 Å². The number of nitrogens with one attached hydrogen (secondary N) is 1. The van der Waals surface area contributed by atoms with Gasteiger partial charge in [-0.05, 0) is 45.8 Å². The smallest absolute Gasteiger partial charge is 0.0615 e. The van der Waals surface area contributed by atoms with Crippen molar-refractivity contribution < 1.29 is 4.74 Å². The number of rotatable bonds is 5. The maximum atomic E-state index is 5.25. The third-order valence-electron chi connectivity index (χ3n) is 3.35. The summed E-state index contributed by atoms with van der Waals surface area (Å²) in [6, 6.07) is 1.29. The number of nitrogens with zero attached hydrogens (tertiary/aromatic N) is 1. The SMILES string of the molecule is CCN(C(C)COC)C1CCCNCC1. The van der Waals surface area contributed by atoms with Gasteiger partial charge in [0.1, 0.15) is 0 Å². The van der Waals surface area contributed by atoms with E-state index < -0.39 is 0 Å². The van der Waals surface area contributed by atoms with Gasteiger partial charge in [0.25, 0.3) is 0 Å². The van der Waals surface area contributed by atoms with Crippen molar-refractivity contribution in [1.82, 2.24) is 10.2 Å². The lowest BCUT2D eigenvalue weighted by molar-refractivity contribution is 0.0687. The van der Waals surface area contributed by atoms with E-state index in [-0.39, 0.29) is 0 Å². The minimum Gasteiger partial charge on any atom is -0.383 e. The fraction of sp³-hybridized carbons (Fsp3) is 1.00. The fourth-order valence-corrected chi connectivity index (χ4v) is 2.60. The molecule has 1 N–H and O–H groups in total. The normalized spacial score (nSPS) is 25.2. The van der Waals surface area contributed by atoms with Crippen molar-refractivity contribution in [1.29, 1.82) is 0 Å². The van der Waals surface area contributed by atoms with Gasteiger partial charge in [-0.15, -0.1) is 0 Å². The Kier molecular flexibility index (Phi) is 6.22. The standard InChI is InChI=1S/C12H26N2O/c1-4-14(11(2)10-15-3)12-6-5-8-13-9-7-12/h11-13H,4-10H2,1-3H3. The largest absolute Gasteiger partial charge is 0.383 e. The quantitative estimate of drug-likeness (QED) is 0.750. The van der Waals surface area contributed by atoms with Crippen molar-refractivity contribution in [3.63, 3.8) is 0 Å². The molecular weight excluding hydrogens is 188 g/mol. The van der Waals surface area contributed by atoms with Crippen molar-refractivity contribution >= 4 is 0 Å². The first-order chi connectivity index (χ1) is 7.29. The first-order valence-electron chi connectivity index (χ1n) is 6.25. The molecule has 1 saturated heterocycles. The third-order valence-corrected chi connectivity index (χ3v) is 3.35. The van der Waals surface area contributed by atoms with Gasteiger partial charge >= 0.3 is 0 Å². The van der Waals surface area contributed by atoms with Gasteiger partial charge < -0.3 is 10.1 Å². The molecule has 1 aliphatic heterocycles. The summed E-state index contributed by atoms with van der Waals surface area (Å²) in [6.07, 6.45) is 3.91. The molecule has 1 fully saturated rings. The summed E-state index contributed by atoms with van der Waals surface area (Å²) in [4.78, 5) is 2.59. The van der Waals surface area contributed by atoms with Gasteiger partial charge in [-0.2, -0.15) is 0 Å². The van der Waals surface area contributed by atoms with Crippen LogP contribution < -0.4 is 5.32 Å². The van der Waals surface area contributed by atoms with Crippen molar-refractivity contribution in [2.45, 2.75) is 45.2 Å². The Morgan fingerprint density at radius 1 is 1.40 bits per heavy atom. The monoisotopic (exact) mass is 214 g/mol. The zero-order chi connectivity index (χ0) is 11.1. The van der Waals surface area contributed by atoms with Crippen LogP contribution in [0.2, 0.25) is 0 Å². The van der Waals surface area contributed by atoms with Crippen LogP contribution in [0.15, 0.2) is 0 Å². The summed E-state index contributed by atoms with van der Waals surface area (Å²) in [7, 11) is 1.79. The van der Waals surface area contributed by atoms with E-state index in [2.05, 4.69) is 24.1 Å². The predicted molar refractivity (Wildman–Crippen MR) is 64.2 cm³/mol. The first-order valence-corrected chi connectivity index (χ1v) is 6.25. The molecule has 3 heteroatoms. The van der Waals surface area contributed by atoms with Crippen LogP contribution in [-0.2, 0) is 4.74 Å². The first kappa shape index (κ1) is 12.9. The summed E-state index contributed by atoms with van der Waals surface area (Å²) in [5, 5.41) is 3.47. The van der Waals surface area contributed by atoms with Crippen LogP contribution in [0, 0.1) is 0 Å². The molecule has 1 aliphatic rings. The minimum atomic E-state index is 0.545. The molecule has 0 aliphatic carbocycles. The van der Waals surface area contributed by atoms with E-state index >= 15 is 0 Å². The molecular formula is C12H26N2O. The Morgan fingerprint density at radius 2 is 2.20 bits per heavy atom. The van der Waals surface area contributed by atoms with Crippen LogP contribution in [-0.4, -0.2) is 50.3 Å². The highest BCUT2D eigenvalue weighted by Crippen LogP contribution is 2.16. The Hall–Kier alpha value is -0.120. The molecule has 1 heterocycles. The molecule has 2 unspecified atom stereocenters. The van der Waals surface area contributed by atoms with Gasteiger partial charge in [-0.25, -0.2) is 0 Å². The van der Waals surface area contributed by atoms with E-state index in [0.29, 0.717) is 6.04 Å². The molecule has 0 aromatic rings. The van der Waals surface area contributed by atoms with Crippen LogP contribution in [0.25, 0.3) is 0 Å². The summed E-state index contributed by atoms with van der Waals surface area (Å²) in [6.45, 7) is 8.86. The highest BCUT2D eigenvalue weighted by atomic mass is 16.5. The van der Waals surface area contributed by atoms with Crippen LogP contribution in [0.5, 0.6) is 0 Å². The molecule has 0 aromatic carbocycles. The van der Waals surface area contributed by atoms with E-state index in [1.165, 1.54) is 32.4 Å². The number of ether oxygens (including phenoxy) is 1. The lowest BCUT2D eigenvalue weighted by atomic mass is 10.1. The number of hydrogen-bond acceptors (Lipinski definition) is 3. The minimum absolute atomic E-state index is 0.545. The molecule has 3 nitrogen and oxygen atoms in total. The van der Waals surface area contributed by atoms with E-state index in [1.807, 2.05) is 0 Å². The van der Waals surface area contributed by atoms with Crippen LogP contribution in [0.1, 0.15) is 33.1 Å². The molecule has 0 amide bonds. The second-order valence-corrected chi connectivity index (χ2v) is 4.47. The predicted octanol–water partition coefficient (Wildman–Crippen LogP) is 1.49. The molecule has 2 atom stereocenters. The molecule has 90 valence electrons. The second kappa shape index (κ2) is 7.20. The Labute approximate surface area is 94.2 Å². The van der Waals surface area contributed by atoms with E-state index in [9.17, 15) is 0 Å². The summed E-state index contributed by atoms with van der Waals surface area (Å²) < 4.78 is 5.25. The van der Waals surface area contributed by atoms with Crippen LogP contribution in [0.4, 0.5) is 0 Å². The summed E-state index contributed by atoms with van der Waals surface area (Å²) in [5.74, 6) is 0. The fourth-order valence-electron chi connectivity index (χ4n) is 2.60. The molecule has 0 spiro atoms. The average Bonchev–Trinajstić information content (AvgIpc) is 2.48. The Bertz CT molecular complexity index is 156. The highest BCUT2D eigenvalue weighted by molar-refractivity contribution is 4.79. The van der Waals surface area contributed by atoms with E-state index in [1.54, 1.807) is 7.11 Å². The van der Waals surface area contributed by atoms with Gasteiger partial charge in [0, 0.05) is 19.2 Å². The molecule has 15 heavy (non-hydrogen) atoms. The Morgan fingerprint density at radius 3 is 2.87 bits per heavy atom. The van der Waals surface area contributed by atoms with Gasteiger partial charge in [-0.3, -0.25) is 4.90 Å². The summed E-state index contributed by atoms with van der Waals surface area (Å²) >= 11 is 0. The topological polar surface area (TPSA) is 24.5 Å². The number of likely N-dealkylation sites (N-methyl/N-ethyl adjacent to an activating group) is 1. The van der Waals surface area contributed by atoms with E-state index in [0.717, 1.165) is 19.2 Å². The highest BCUT2D eigenvalue weighted by Gasteiger charge is 2.22. The van der Waals surface area contributed by atoms with Crippen molar-refractivity contribution in [2.75, 3.05) is 33.4 Å². The van der Waals surface area contributed by atoms with Gasteiger partial charge in [-0.1, -0.05) is 6.92 Å². The summed E-state index contributed by atoms with van der Waals surface area (Å²) in [5.41, 5.74) is 0. The third kappa shape index (κ3) is 4.09. The molecule has 0 radical (unpaired) electrons.